The van der Waals surface area contributed by atoms with Gasteiger partial charge in [0.1, 0.15) is 5.82 Å². The molecule has 0 saturated heterocycles. The maximum Gasteiger partial charge on any atom is 0.213 e. The summed E-state index contributed by atoms with van der Waals surface area (Å²) in [5.41, 5.74) is 0.880. The molecule has 78 valence electrons. The average Bonchev–Trinajstić information content (AvgIpc) is 2.74. The van der Waals surface area contributed by atoms with Gasteiger partial charge in [-0.1, -0.05) is 5.16 Å². The number of anilines is 1. The third kappa shape index (κ3) is 2.49. The Morgan fingerprint density at radius 3 is 2.87 bits per heavy atom. The van der Waals surface area contributed by atoms with Crippen molar-refractivity contribution in [3.8, 4) is 0 Å². The predicted molar refractivity (Wildman–Crippen MR) is 53.3 cm³/mol. The van der Waals surface area contributed by atoms with Crippen LogP contribution in [0.2, 0.25) is 0 Å². The second-order valence-corrected chi connectivity index (χ2v) is 3.01. The van der Waals surface area contributed by atoms with E-state index in [0.717, 1.165) is 11.5 Å². The Balaban J connectivity index is 1.86. The molecule has 2 rings (SSSR count). The van der Waals surface area contributed by atoms with E-state index < -0.39 is 0 Å². The molecule has 0 bridgehead atoms. The van der Waals surface area contributed by atoms with Crippen molar-refractivity contribution in [3.05, 3.63) is 30.3 Å². The van der Waals surface area contributed by atoms with Crippen molar-refractivity contribution in [1.29, 1.82) is 0 Å². The summed E-state index contributed by atoms with van der Waals surface area (Å²) < 4.78 is 4.62. The predicted octanol–water partition coefficient (Wildman–Crippen LogP) is 0.823. The summed E-state index contributed by atoms with van der Waals surface area (Å²) in [7, 11) is 0. The third-order valence-electron chi connectivity index (χ3n) is 1.93. The fraction of sp³-hybridized carbons (Fsp3) is 0.333. The van der Waals surface area contributed by atoms with Gasteiger partial charge in [0.2, 0.25) is 6.39 Å². The Morgan fingerprint density at radius 2 is 2.13 bits per heavy atom. The fourth-order valence-corrected chi connectivity index (χ4v) is 1.18. The van der Waals surface area contributed by atoms with Gasteiger partial charge in [-0.05, 0) is 6.92 Å². The van der Waals surface area contributed by atoms with E-state index >= 15 is 0 Å². The summed E-state index contributed by atoms with van der Waals surface area (Å²) in [6.45, 7) is 2.61. The summed E-state index contributed by atoms with van der Waals surface area (Å²) in [5, 5.41) is 6.86. The average molecular weight is 205 g/mol. The first-order valence-electron chi connectivity index (χ1n) is 4.63. The third-order valence-corrected chi connectivity index (χ3v) is 1.93. The molecule has 0 fully saturated rings. The molecule has 0 amide bonds. The van der Waals surface area contributed by atoms with Crippen LogP contribution in [-0.2, 0) is 6.42 Å². The lowest BCUT2D eigenvalue weighted by molar-refractivity contribution is 0.410. The first-order valence-corrected chi connectivity index (χ1v) is 4.63. The minimum absolute atomic E-state index is 0.684. The van der Waals surface area contributed by atoms with Gasteiger partial charge in [0.05, 0.1) is 5.69 Å². The molecule has 2 aromatic rings. The van der Waals surface area contributed by atoms with Gasteiger partial charge in [-0.25, -0.2) is 4.98 Å². The van der Waals surface area contributed by atoms with Gasteiger partial charge in [0.25, 0.3) is 0 Å². The highest BCUT2D eigenvalue weighted by Crippen LogP contribution is 2.05. The first kappa shape index (κ1) is 9.57. The fourth-order valence-electron chi connectivity index (χ4n) is 1.18. The zero-order valence-electron chi connectivity index (χ0n) is 8.34. The van der Waals surface area contributed by atoms with Gasteiger partial charge < -0.3 is 9.84 Å². The maximum absolute atomic E-state index is 4.62. The molecule has 0 saturated carbocycles. The van der Waals surface area contributed by atoms with E-state index in [9.17, 15) is 0 Å². The lowest BCUT2D eigenvalue weighted by Gasteiger charge is -2.04. The standard InChI is InChI=1S/C9H11N5O/c1-7-9(12-5-4-10-7)11-3-2-8-13-6-15-14-8/h4-6H,2-3H2,1H3,(H,11,12). The van der Waals surface area contributed by atoms with Crippen LogP contribution in [0.3, 0.4) is 0 Å². The molecule has 6 nitrogen and oxygen atoms in total. The summed E-state index contributed by atoms with van der Waals surface area (Å²) in [6.07, 6.45) is 5.35. The number of hydrogen-bond donors (Lipinski definition) is 1. The molecule has 0 radical (unpaired) electrons. The smallest absolute Gasteiger partial charge is 0.213 e. The van der Waals surface area contributed by atoms with E-state index in [1.54, 1.807) is 12.4 Å². The number of aromatic nitrogens is 4. The molecular weight excluding hydrogens is 194 g/mol. The van der Waals surface area contributed by atoms with Gasteiger partial charge in [-0.2, -0.15) is 4.98 Å². The van der Waals surface area contributed by atoms with E-state index in [0.29, 0.717) is 18.8 Å². The lowest BCUT2D eigenvalue weighted by atomic mass is 10.4. The van der Waals surface area contributed by atoms with Crippen molar-refractivity contribution < 1.29 is 4.52 Å². The highest BCUT2D eigenvalue weighted by Gasteiger charge is 2.00. The minimum atomic E-state index is 0.684. The Hall–Kier alpha value is -1.98. The molecule has 2 heterocycles. The molecule has 6 heteroatoms. The SMILES string of the molecule is Cc1nccnc1NCCc1ncon1. The molecule has 0 spiro atoms. The van der Waals surface area contributed by atoms with Gasteiger partial charge in [-0.3, -0.25) is 4.98 Å². The topological polar surface area (TPSA) is 76.7 Å². The number of rotatable bonds is 4. The Morgan fingerprint density at radius 1 is 1.27 bits per heavy atom. The van der Waals surface area contributed by atoms with Gasteiger partial charge in [0.15, 0.2) is 5.82 Å². The van der Waals surface area contributed by atoms with Gasteiger partial charge >= 0.3 is 0 Å². The Kier molecular flexibility index (Phi) is 2.87. The van der Waals surface area contributed by atoms with Crippen molar-refractivity contribution in [2.24, 2.45) is 0 Å². The van der Waals surface area contributed by atoms with Crippen LogP contribution in [0.1, 0.15) is 11.5 Å². The normalized spacial score (nSPS) is 10.2. The molecule has 0 aliphatic carbocycles. The Bertz CT molecular complexity index is 414. The van der Waals surface area contributed by atoms with Crippen molar-refractivity contribution in [1.82, 2.24) is 20.1 Å². The second-order valence-electron chi connectivity index (χ2n) is 3.01. The van der Waals surface area contributed by atoms with Crippen LogP contribution in [0.15, 0.2) is 23.3 Å². The number of aryl methyl sites for hydroxylation is 1. The van der Waals surface area contributed by atoms with Crippen LogP contribution < -0.4 is 5.32 Å². The molecule has 1 N–H and O–H groups in total. The van der Waals surface area contributed by atoms with E-state index in [2.05, 4.69) is 29.9 Å². The molecule has 15 heavy (non-hydrogen) atoms. The van der Waals surface area contributed by atoms with E-state index in [1.807, 2.05) is 6.92 Å². The highest BCUT2D eigenvalue weighted by atomic mass is 16.5. The number of nitrogens with one attached hydrogen (secondary N) is 1. The van der Waals surface area contributed by atoms with E-state index in [1.165, 1.54) is 6.39 Å². The largest absolute Gasteiger partial charge is 0.368 e. The van der Waals surface area contributed by atoms with Crippen LogP contribution in [0.5, 0.6) is 0 Å². The number of nitrogens with zero attached hydrogens (tertiary/aromatic N) is 4. The minimum Gasteiger partial charge on any atom is -0.368 e. The van der Waals surface area contributed by atoms with Crippen molar-refractivity contribution in [2.45, 2.75) is 13.3 Å². The van der Waals surface area contributed by atoms with E-state index in [-0.39, 0.29) is 0 Å². The molecule has 0 aromatic carbocycles. The van der Waals surface area contributed by atoms with Crippen LogP contribution in [0, 0.1) is 6.92 Å². The van der Waals surface area contributed by atoms with Crippen molar-refractivity contribution in [2.75, 3.05) is 11.9 Å². The zero-order valence-corrected chi connectivity index (χ0v) is 8.34. The summed E-state index contributed by atoms with van der Waals surface area (Å²) in [6, 6.07) is 0. The van der Waals surface area contributed by atoms with Gasteiger partial charge in [0, 0.05) is 25.4 Å². The van der Waals surface area contributed by atoms with Crippen LogP contribution in [0.25, 0.3) is 0 Å². The van der Waals surface area contributed by atoms with Crippen molar-refractivity contribution >= 4 is 5.82 Å². The summed E-state index contributed by atoms with van der Waals surface area (Å²) in [4.78, 5) is 12.2. The number of hydrogen-bond acceptors (Lipinski definition) is 6. The van der Waals surface area contributed by atoms with Crippen LogP contribution in [0.4, 0.5) is 5.82 Å². The summed E-state index contributed by atoms with van der Waals surface area (Å²) >= 11 is 0. The van der Waals surface area contributed by atoms with Crippen LogP contribution >= 0.6 is 0 Å². The molecule has 0 aliphatic rings. The highest BCUT2D eigenvalue weighted by molar-refractivity contribution is 5.38. The lowest BCUT2D eigenvalue weighted by Crippen LogP contribution is -2.08. The maximum atomic E-state index is 4.62. The Labute approximate surface area is 86.8 Å². The zero-order chi connectivity index (χ0) is 10.5. The van der Waals surface area contributed by atoms with Gasteiger partial charge in [-0.15, -0.1) is 0 Å². The monoisotopic (exact) mass is 205 g/mol. The molecule has 2 aromatic heterocycles. The second kappa shape index (κ2) is 4.50. The molecule has 0 atom stereocenters. The summed E-state index contributed by atoms with van der Waals surface area (Å²) in [5.74, 6) is 1.48. The molecule has 0 unspecified atom stereocenters. The van der Waals surface area contributed by atoms with Crippen LogP contribution in [-0.4, -0.2) is 26.7 Å². The quantitative estimate of drug-likeness (QED) is 0.796. The van der Waals surface area contributed by atoms with Crippen molar-refractivity contribution in [3.63, 3.8) is 0 Å². The van der Waals surface area contributed by atoms with E-state index in [4.69, 9.17) is 0 Å². The molecule has 0 aliphatic heterocycles. The molecular formula is C9H11N5O. The first-order chi connectivity index (χ1) is 7.36.